The van der Waals surface area contributed by atoms with Crippen LogP contribution < -0.4 is 9.47 Å². The fourth-order valence-electron chi connectivity index (χ4n) is 2.64. The van der Waals surface area contributed by atoms with Gasteiger partial charge in [-0.2, -0.15) is 0 Å². The van der Waals surface area contributed by atoms with Crippen molar-refractivity contribution < 1.29 is 38.0 Å². The van der Waals surface area contributed by atoms with Crippen LogP contribution in [0, 0.1) is 24.0 Å². The first-order valence-corrected chi connectivity index (χ1v) is 9.81. The average Bonchev–Trinajstić information content (AvgIpc) is 2.70. The number of nitro benzene ring substituents is 1. The third kappa shape index (κ3) is 4.78. The number of carbonyl (C=O) groups is 2. The fourth-order valence-corrected chi connectivity index (χ4v) is 3.37. The van der Waals surface area contributed by atoms with Crippen LogP contribution in [0.25, 0.3) is 11.1 Å². The van der Waals surface area contributed by atoms with Gasteiger partial charge in [0, 0.05) is 18.2 Å². The average molecular weight is 438 g/mol. The standard InChI is InChI=1S/C18H18N2O9S/c1-9-15(28-17(21)26-3)14(16(10(2)19-9)29-18(22)27-4)12-8-11(20(23)24)6-7-13(12)30(5)25/h6-8H,1-5H3. The lowest BCUT2D eigenvalue weighted by Gasteiger charge is -2.19. The molecule has 1 aromatic carbocycles. The lowest BCUT2D eigenvalue weighted by atomic mass is 10.0. The second kappa shape index (κ2) is 9.41. The molecular formula is C18H18N2O9S. The molecular weight excluding hydrogens is 420 g/mol. The van der Waals surface area contributed by atoms with Crippen LogP contribution in [0.1, 0.15) is 11.4 Å². The van der Waals surface area contributed by atoms with Crippen LogP contribution in [0.15, 0.2) is 23.1 Å². The number of ether oxygens (including phenoxy) is 4. The molecule has 30 heavy (non-hydrogen) atoms. The van der Waals surface area contributed by atoms with E-state index in [2.05, 4.69) is 14.5 Å². The van der Waals surface area contributed by atoms with E-state index in [9.17, 15) is 24.3 Å². The summed E-state index contributed by atoms with van der Waals surface area (Å²) >= 11 is -1.61. The number of non-ortho nitro benzene ring substituents is 1. The van der Waals surface area contributed by atoms with Gasteiger partial charge in [-0.3, -0.25) is 15.1 Å². The Kier molecular flexibility index (Phi) is 7.19. The first-order chi connectivity index (χ1) is 14.1. The predicted molar refractivity (Wildman–Crippen MR) is 104 cm³/mol. The van der Waals surface area contributed by atoms with Gasteiger partial charge in [0.05, 0.1) is 41.7 Å². The third-order valence-electron chi connectivity index (χ3n) is 3.90. The van der Waals surface area contributed by atoms with Gasteiger partial charge < -0.3 is 23.5 Å². The van der Waals surface area contributed by atoms with Gasteiger partial charge in [0.2, 0.25) is 0 Å². The molecule has 0 spiro atoms. The Morgan fingerprint density at radius 2 is 1.53 bits per heavy atom. The maximum atomic E-state index is 12.3. The number of hydrogen-bond donors (Lipinski definition) is 0. The Morgan fingerprint density at radius 3 is 1.93 bits per heavy atom. The van der Waals surface area contributed by atoms with Crippen molar-refractivity contribution in [2.75, 3.05) is 20.5 Å². The number of nitro groups is 1. The number of carbonyl (C=O) groups excluding carboxylic acids is 2. The van der Waals surface area contributed by atoms with E-state index in [1.165, 1.54) is 32.2 Å². The summed E-state index contributed by atoms with van der Waals surface area (Å²) in [5.74, 6) is -0.364. The normalized spacial score (nSPS) is 11.4. The summed E-state index contributed by atoms with van der Waals surface area (Å²) in [6.07, 6.45) is -0.829. The molecule has 0 saturated heterocycles. The predicted octanol–water partition coefficient (Wildman–Crippen LogP) is 3.30. The van der Waals surface area contributed by atoms with E-state index in [0.29, 0.717) is 0 Å². The Balaban J connectivity index is 2.96. The minimum absolute atomic E-state index is 0.0373. The molecule has 0 aliphatic heterocycles. The monoisotopic (exact) mass is 438 g/mol. The summed E-state index contributed by atoms with van der Waals surface area (Å²) in [6.45, 7) is 3.02. The molecule has 2 aromatic rings. The molecule has 0 fully saturated rings. The van der Waals surface area contributed by atoms with Crippen LogP contribution in [0.2, 0.25) is 0 Å². The van der Waals surface area contributed by atoms with Gasteiger partial charge in [-0.25, -0.2) is 9.59 Å². The fraction of sp³-hybridized carbons (Fsp3) is 0.278. The van der Waals surface area contributed by atoms with E-state index in [0.717, 1.165) is 20.3 Å². The van der Waals surface area contributed by atoms with Crippen molar-refractivity contribution in [2.24, 2.45) is 0 Å². The number of aryl methyl sites for hydroxylation is 2. The van der Waals surface area contributed by atoms with E-state index >= 15 is 0 Å². The molecule has 1 aromatic heterocycles. The van der Waals surface area contributed by atoms with Crippen molar-refractivity contribution in [3.05, 3.63) is 39.7 Å². The molecule has 0 amide bonds. The molecule has 2 rings (SSSR count). The summed E-state index contributed by atoms with van der Waals surface area (Å²) in [6, 6.07) is 3.63. The Hall–Kier alpha value is -3.38. The van der Waals surface area contributed by atoms with Gasteiger partial charge in [-0.05, 0) is 25.0 Å². The van der Waals surface area contributed by atoms with Gasteiger partial charge in [0.1, 0.15) is 6.26 Å². The van der Waals surface area contributed by atoms with Crippen molar-refractivity contribution in [3.8, 4) is 22.6 Å². The number of pyridine rings is 1. The van der Waals surface area contributed by atoms with E-state index < -0.39 is 28.4 Å². The second-order valence-corrected chi connectivity index (χ2v) is 7.17. The molecule has 1 unspecified atom stereocenters. The number of aromatic nitrogens is 1. The maximum Gasteiger partial charge on any atom is 0.513 e. The molecule has 0 bridgehead atoms. The van der Waals surface area contributed by atoms with Gasteiger partial charge >= 0.3 is 12.3 Å². The van der Waals surface area contributed by atoms with Crippen LogP contribution in [0.3, 0.4) is 0 Å². The number of benzene rings is 1. The molecule has 1 atom stereocenters. The van der Waals surface area contributed by atoms with Gasteiger partial charge in [0.15, 0.2) is 16.4 Å². The highest BCUT2D eigenvalue weighted by atomic mass is 32.2. The molecule has 0 aliphatic rings. The molecule has 0 aliphatic carbocycles. The summed E-state index contributed by atoms with van der Waals surface area (Å²) in [4.78, 5) is 38.7. The van der Waals surface area contributed by atoms with Gasteiger partial charge in [-0.1, -0.05) is 0 Å². The van der Waals surface area contributed by atoms with Crippen molar-refractivity contribution >= 4 is 29.2 Å². The quantitative estimate of drug-likeness (QED) is 0.294. The molecule has 11 nitrogen and oxygen atoms in total. The Bertz CT molecular complexity index is 965. The van der Waals surface area contributed by atoms with Crippen LogP contribution in [-0.2, 0) is 20.6 Å². The van der Waals surface area contributed by atoms with Crippen molar-refractivity contribution in [1.29, 1.82) is 0 Å². The molecule has 12 heteroatoms. The highest BCUT2D eigenvalue weighted by molar-refractivity contribution is 7.90. The van der Waals surface area contributed by atoms with Crippen LogP contribution in [-0.4, -0.2) is 47.2 Å². The van der Waals surface area contributed by atoms with Crippen LogP contribution >= 0.6 is 0 Å². The summed E-state index contributed by atoms with van der Waals surface area (Å²) in [7, 11) is 2.18. The van der Waals surface area contributed by atoms with E-state index in [1.807, 2.05) is 0 Å². The summed E-state index contributed by atoms with van der Waals surface area (Å²) in [5, 5.41) is 11.3. The maximum absolute atomic E-state index is 12.3. The third-order valence-corrected chi connectivity index (χ3v) is 4.88. The Morgan fingerprint density at radius 1 is 1.03 bits per heavy atom. The highest BCUT2D eigenvalue weighted by Gasteiger charge is 2.30. The minimum atomic E-state index is -1.61. The van der Waals surface area contributed by atoms with Gasteiger partial charge in [-0.15, -0.1) is 0 Å². The van der Waals surface area contributed by atoms with E-state index in [4.69, 9.17) is 9.47 Å². The molecule has 0 radical (unpaired) electrons. The van der Waals surface area contributed by atoms with Gasteiger partial charge in [0.25, 0.3) is 5.69 Å². The SMILES string of the molecule is COC(=O)Oc1c(C)nc(C)c(OC(=O)OC)c1-c1cc([N+](=O)[O-])ccc1[S+](C)[O-]. The molecule has 160 valence electrons. The minimum Gasteiger partial charge on any atom is -0.612 e. The zero-order valence-corrected chi connectivity index (χ0v) is 17.5. The lowest BCUT2D eigenvalue weighted by Crippen LogP contribution is -2.15. The zero-order chi connectivity index (χ0) is 22.6. The summed E-state index contributed by atoms with van der Waals surface area (Å²) in [5.41, 5.74) is 0.0920. The zero-order valence-electron chi connectivity index (χ0n) is 16.7. The van der Waals surface area contributed by atoms with E-state index in [1.54, 1.807) is 0 Å². The van der Waals surface area contributed by atoms with Crippen molar-refractivity contribution in [1.82, 2.24) is 4.98 Å². The van der Waals surface area contributed by atoms with Crippen molar-refractivity contribution in [3.63, 3.8) is 0 Å². The number of nitrogens with zero attached hydrogens (tertiary/aromatic N) is 2. The first-order valence-electron chi connectivity index (χ1n) is 8.25. The number of hydrogen-bond acceptors (Lipinski definition) is 10. The van der Waals surface area contributed by atoms with Crippen LogP contribution in [0.5, 0.6) is 11.5 Å². The topological polar surface area (TPSA) is 150 Å². The Labute approximate surface area is 174 Å². The molecule has 0 saturated carbocycles. The molecule has 1 heterocycles. The van der Waals surface area contributed by atoms with E-state index in [-0.39, 0.29) is 44.6 Å². The number of methoxy groups -OCH3 is 2. The largest absolute Gasteiger partial charge is 0.612 e. The van der Waals surface area contributed by atoms with Crippen LogP contribution in [0.4, 0.5) is 15.3 Å². The second-order valence-electron chi connectivity index (χ2n) is 5.82. The lowest BCUT2D eigenvalue weighted by molar-refractivity contribution is -0.384. The molecule has 0 N–H and O–H groups in total. The first kappa shape index (κ1) is 22.9. The number of rotatable bonds is 5. The smallest absolute Gasteiger partial charge is 0.513 e. The van der Waals surface area contributed by atoms with Crippen molar-refractivity contribution in [2.45, 2.75) is 18.7 Å². The summed E-state index contributed by atoms with van der Waals surface area (Å²) < 4.78 is 31.8. The highest BCUT2D eigenvalue weighted by Crippen LogP contribution is 2.45.